The van der Waals surface area contributed by atoms with Gasteiger partial charge in [-0.15, -0.1) is 0 Å². The molecule has 1 N–H and O–H groups in total. The lowest BCUT2D eigenvalue weighted by Gasteiger charge is -2.16. The Morgan fingerprint density at radius 2 is 2.15 bits per heavy atom. The number of halogens is 1. The van der Waals surface area contributed by atoms with Crippen LogP contribution in [-0.4, -0.2) is 30.9 Å². The number of thioether (sulfide) groups is 1. The summed E-state index contributed by atoms with van der Waals surface area (Å²) in [7, 11) is 0. The van der Waals surface area contributed by atoms with Crippen molar-refractivity contribution in [2.45, 2.75) is 32.1 Å². The molecule has 0 bridgehead atoms. The van der Waals surface area contributed by atoms with Crippen molar-refractivity contribution < 1.29 is 9.53 Å². The molecular formula is C15H22ClNO2S. The zero-order chi connectivity index (χ0) is 14.8. The summed E-state index contributed by atoms with van der Waals surface area (Å²) in [6, 6.07) is 7.53. The summed E-state index contributed by atoms with van der Waals surface area (Å²) >= 11 is 7.80. The molecule has 0 aromatic heterocycles. The highest BCUT2D eigenvalue weighted by atomic mass is 35.5. The molecule has 1 atom stereocenters. The lowest BCUT2D eigenvalue weighted by molar-refractivity contribution is -0.144. The van der Waals surface area contributed by atoms with E-state index in [1.807, 2.05) is 31.2 Å². The van der Waals surface area contributed by atoms with Crippen LogP contribution in [0.3, 0.4) is 0 Å². The van der Waals surface area contributed by atoms with Gasteiger partial charge in [-0.1, -0.05) is 36.7 Å². The van der Waals surface area contributed by atoms with Gasteiger partial charge < -0.3 is 10.1 Å². The third-order valence-corrected chi connectivity index (χ3v) is 4.16. The fourth-order valence-electron chi connectivity index (χ4n) is 1.67. The molecule has 20 heavy (non-hydrogen) atoms. The van der Waals surface area contributed by atoms with Crippen LogP contribution in [0, 0.1) is 0 Å². The van der Waals surface area contributed by atoms with Crippen molar-refractivity contribution in [3.63, 3.8) is 0 Å². The molecule has 1 unspecified atom stereocenters. The van der Waals surface area contributed by atoms with E-state index in [-0.39, 0.29) is 12.0 Å². The van der Waals surface area contributed by atoms with Gasteiger partial charge in [-0.2, -0.15) is 11.8 Å². The third-order valence-electron chi connectivity index (χ3n) is 2.71. The Balaban J connectivity index is 2.45. The van der Waals surface area contributed by atoms with E-state index in [1.165, 1.54) is 0 Å². The first-order valence-corrected chi connectivity index (χ1v) is 8.43. The highest BCUT2D eigenvalue weighted by Crippen LogP contribution is 2.21. The molecular weight excluding hydrogens is 294 g/mol. The van der Waals surface area contributed by atoms with E-state index in [2.05, 4.69) is 12.2 Å². The van der Waals surface area contributed by atoms with E-state index in [4.69, 9.17) is 16.3 Å². The normalized spacial score (nSPS) is 12.2. The van der Waals surface area contributed by atoms with Crippen molar-refractivity contribution in [2.75, 3.05) is 18.9 Å². The van der Waals surface area contributed by atoms with Crippen molar-refractivity contribution >= 4 is 29.3 Å². The maximum absolute atomic E-state index is 11.8. The molecule has 1 rings (SSSR count). The molecule has 0 spiro atoms. The molecule has 0 saturated carbocycles. The number of rotatable bonds is 9. The minimum atomic E-state index is -0.248. The quantitative estimate of drug-likeness (QED) is 0.708. The number of hydrogen-bond donors (Lipinski definition) is 1. The summed E-state index contributed by atoms with van der Waals surface area (Å²) in [4.78, 5) is 11.8. The zero-order valence-electron chi connectivity index (χ0n) is 12.0. The first-order valence-electron chi connectivity index (χ1n) is 6.90. The van der Waals surface area contributed by atoms with Gasteiger partial charge in [0.05, 0.1) is 6.61 Å². The third kappa shape index (κ3) is 6.16. The molecule has 0 fully saturated rings. The summed E-state index contributed by atoms with van der Waals surface area (Å²) in [5.74, 6) is 1.31. The first-order chi connectivity index (χ1) is 9.69. The Labute approximate surface area is 130 Å². The SMILES string of the molecule is CCCNC(CSCc1ccccc1Cl)C(=O)OCC. The van der Waals surface area contributed by atoms with Crippen LogP contribution in [-0.2, 0) is 15.3 Å². The smallest absolute Gasteiger partial charge is 0.323 e. The number of esters is 1. The number of nitrogens with one attached hydrogen (secondary N) is 1. The second kappa shape index (κ2) is 10.1. The number of benzene rings is 1. The van der Waals surface area contributed by atoms with Gasteiger partial charge in [0.15, 0.2) is 0 Å². The monoisotopic (exact) mass is 315 g/mol. The molecule has 0 aliphatic rings. The molecule has 3 nitrogen and oxygen atoms in total. The van der Waals surface area contributed by atoms with E-state index >= 15 is 0 Å². The Bertz CT molecular complexity index is 415. The van der Waals surface area contributed by atoms with E-state index < -0.39 is 0 Å². The van der Waals surface area contributed by atoms with Crippen molar-refractivity contribution in [2.24, 2.45) is 0 Å². The Morgan fingerprint density at radius 1 is 1.40 bits per heavy atom. The van der Waals surface area contributed by atoms with Gasteiger partial charge >= 0.3 is 5.97 Å². The molecule has 0 aliphatic carbocycles. The molecule has 0 saturated heterocycles. The van der Waals surface area contributed by atoms with Gasteiger partial charge in [0.25, 0.3) is 0 Å². The molecule has 1 aromatic carbocycles. The number of hydrogen-bond acceptors (Lipinski definition) is 4. The lowest BCUT2D eigenvalue weighted by atomic mass is 10.2. The summed E-state index contributed by atoms with van der Waals surface area (Å²) < 4.78 is 5.09. The molecule has 0 heterocycles. The zero-order valence-corrected chi connectivity index (χ0v) is 13.6. The lowest BCUT2D eigenvalue weighted by Crippen LogP contribution is -2.40. The van der Waals surface area contributed by atoms with Gasteiger partial charge in [-0.3, -0.25) is 4.79 Å². The van der Waals surface area contributed by atoms with Crippen molar-refractivity contribution in [3.8, 4) is 0 Å². The number of carbonyl (C=O) groups excluding carboxylic acids is 1. The molecule has 0 amide bonds. The van der Waals surface area contributed by atoms with Crippen LogP contribution in [0.25, 0.3) is 0 Å². The first kappa shape index (κ1) is 17.3. The van der Waals surface area contributed by atoms with Crippen LogP contribution in [0.5, 0.6) is 0 Å². The van der Waals surface area contributed by atoms with E-state index in [9.17, 15) is 4.79 Å². The number of ether oxygens (including phenoxy) is 1. The van der Waals surface area contributed by atoms with Crippen LogP contribution < -0.4 is 5.32 Å². The average Bonchev–Trinajstić information content (AvgIpc) is 2.44. The standard InChI is InChI=1S/C15H22ClNO2S/c1-3-9-17-14(15(18)19-4-2)11-20-10-12-7-5-6-8-13(12)16/h5-8,14,17H,3-4,9-11H2,1-2H3. The maximum Gasteiger partial charge on any atom is 0.323 e. The van der Waals surface area contributed by atoms with Gasteiger partial charge in [-0.25, -0.2) is 0 Å². The van der Waals surface area contributed by atoms with Gasteiger partial charge in [0.2, 0.25) is 0 Å². The molecule has 0 aliphatic heterocycles. The Kier molecular flexibility index (Phi) is 8.74. The van der Waals surface area contributed by atoms with Crippen molar-refractivity contribution in [3.05, 3.63) is 34.9 Å². The average molecular weight is 316 g/mol. The summed E-state index contributed by atoms with van der Waals surface area (Å²) in [5, 5.41) is 4.00. The fourth-order valence-corrected chi connectivity index (χ4v) is 3.03. The van der Waals surface area contributed by atoms with Crippen molar-refractivity contribution in [1.29, 1.82) is 0 Å². The van der Waals surface area contributed by atoms with Gasteiger partial charge in [0, 0.05) is 16.5 Å². The van der Waals surface area contributed by atoms with Crippen LogP contribution in [0.4, 0.5) is 0 Å². The Morgan fingerprint density at radius 3 is 2.80 bits per heavy atom. The fraction of sp³-hybridized carbons (Fsp3) is 0.533. The minimum absolute atomic E-state index is 0.174. The minimum Gasteiger partial charge on any atom is -0.465 e. The van der Waals surface area contributed by atoms with Crippen LogP contribution in [0.2, 0.25) is 5.02 Å². The van der Waals surface area contributed by atoms with E-state index in [0.717, 1.165) is 29.3 Å². The number of carbonyl (C=O) groups is 1. The van der Waals surface area contributed by atoms with Crippen molar-refractivity contribution in [1.82, 2.24) is 5.32 Å². The highest BCUT2D eigenvalue weighted by molar-refractivity contribution is 7.98. The van der Waals surface area contributed by atoms with E-state index in [1.54, 1.807) is 11.8 Å². The van der Waals surface area contributed by atoms with Crippen LogP contribution in [0.15, 0.2) is 24.3 Å². The van der Waals surface area contributed by atoms with Gasteiger partial charge in [0.1, 0.15) is 6.04 Å². The van der Waals surface area contributed by atoms with Crippen LogP contribution in [0.1, 0.15) is 25.8 Å². The largest absolute Gasteiger partial charge is 0.465 e. The predicted molar refractivity (Wildman–Crippen MR) is 86.3 cm³/mol. The second-order valence-electron chi connectivity index (χ2n) is 4.37. The molecule has 112 valence electrons. The maximum atomic E-state index is 11.8. The molecule has 5 heteroatoms. The van der Waals surface area contributed by atoms with Gasteiger partial charge in [-0.05, 0) is 31.5 Å². The summed E-state index contributed by atoms with van der Waals surface area (Å²) in [6.45, 7) is 5.13. The van der Waals surface area contributed by atoms with Crippen LogP contribution >= 0.6 is 23.4 Å². The second-order valence-corrected chi connectivity index (χ2v) is 5.80. The molecule has 0 radical (unpaired) electrons. The topological polar surface area (TPSA) is 38.3 Å². The summed E-state index contributed by atoms with van der Waals surface area (Å²) in [6.07, 6.45) is 0.991. The van der Waals surface area contributed by atoms with E-state index in [0.29, 0.717) is 12.4 Å². The summed E-state index contributed by atoms with van der Waals surface area (Å²) in [5.41, 5.74) is 1.09. The predicted octanol–water partition coefficient (Wildman–Crippen LogP) is 3.50. The highest BCUT2D eigenvalue weighted by Gasteiger charge is 2.18. The Hall–Kier alpha value is -0.710. The molecule has 1 aromatic rings.